The van der Waals surface area contributed by atoms with Gasteiger partial charge in [0.25, 0.3) is 0 Å². The minimum Gasteiger partial charge on any atom is -0.780 e. The maximum atomic E-state index is 10.2. The largest absolute Gasteiger partial charge is 0.780 e. The fourth-order valence-electron chi connectivity index (χ4n) is 0.284. The minimum absolute atomic E-state index is 2.29. The zero-order valence-electron chi connectivity index (χ0n) is 6.05. The van der Waals surface area contributed by atoms with E-state index in [0.717, 1.165) is 0 Å². The summed E-state index contributed by atoms with van der Waals surface area (Å²) in [5, 5.41) is 0. The Morgan fingerprint density at radius 2 is 1.36 bits per heavy atom. The van der Waals surface area contributed by atoms with E-state index >= 15 is 0 Å². The molecule has 10 nitrogen and oxygen atoms in total. The first-order valence-electron chi connectivity index (χ1n) is 2.56. The number of hydrogen-bond donors (Lipinski definition) is 2. The lowest BCUT2D eigenvalue weighted by molar-refractivity contribution is -0.337. The summed E-state index contributed by atoms with van der Waals surface area (Å²) in [6, 6.07) is 0. The van der Waals surface area contributed by atoms with E-state index in [4.69, 9.17) is 9.79 Å². The molecule has 0 aliphatic heterocycles. The van der Waals surface area contributed by atoms with Crippen molar-refractivity contribution >= 4 is 27.6 Å². The molecule has 0 bridgehead atoms. The smallest absolute Gasteiger partial charge is 0.527 e. The van der Waals surface area contributed by atoms with Crippen LogP contribution in [0.4, 0.5) is 0 Å². The van der Waals surface area contributed by atoms with Gasteiger partial charge < -0.3 is 23.4 Å². The van der Waals surface area contributed by atoms with Crippen LogP contribution < -0.4 is 9.79 Å². The van der Waals surface area contributed by atoms with Gasteiger partial charge in [-0.25, -0.2) is 14.2 Å². The molecule has 0 saturated carbocycles. The van der Waals surface area contributed by atoms with Crippen LogP contribution in [0.25, 0.3) is 0 Å². The molecule has 0 saturated heterocycles. The highest BCUT2D eigenvalue weighted by molar-refractivity contribution is 7.47. The number of phosphoric acid groups is 2. The first-order chi connectivity index (χ1) is 6.01. The maximum Gasteiger partial charge on any atom is 0.527 e. The minimum atomic E-state index is -5.74. The van der Waals surface area contributed by atoms with Crippen molar-refractivity contribution in [2.75, 3.05) is 0 Å². The predicted octanol–water partition coefficient (Wildman–Crippen LogP) is -3.01. The molecule has 0 aromatic carbocycles. The molecule has 0 aliphatic rings. The van der Waals surface area contributed by atoms with Gasteiger partial charge in [-0.2, -0.15) is 0 Å². The van der Waals surface area contributed by atoms with E-state index in [1.54, 1.807) is 0 Å². The van der Waals surface area contributed by atoms with Gasteiger partial charge in [0.15, 0.2) is 0 Å². The van der Waals surface area contributed by atoms with Crippen molar-refractivity contribution in [2.45, 2.75) is 0 Å². The zero-order valence-corrected chi connectivity index (χ0v) is 7.84. The Morgan fingerprint density at radius 1 is 1.00 bits per heavy atom. The van der Waals surface area contributed by atoms with E-state index in [0.29, 0.717) is 0 Å². The Bertz CT molecular complexity index is 296. The molecular weight excluding hydrogens is 246 g/mol. The molecule has 12 heteroatoms. The average Bonchev–Trinajstić information content (AvgIpc) is 1.78. The maximum absolute atomic E-state index is 10.2. The van der Waals surface area contributed by atoms with Crippen LogP contribution in [-0.4, -0.2) is 21.7 Å². The summed E-state index contributed by atoms with van der Waals surface area (Å²) in [6.45, 7) is 0. The highest BCUT2D eigenvalue weighted by Gasteiger charge is 2.28. The van der Waals surface area contributed by atoms with E-state index in [9.17, 15) is 28.5 Å². The van der Waals surface area contributed by atoms with Gasteiger partial charge >= 0.3 is 19.8 Å². The van der Waals surface area contributed by atoms with Crippen LogP contribution in [0.2, 0.25) is 0 Å². The fourth-order valence-corrected chi connectivity index (χ4v) is 0.852. The molecule has 0 aromatic rings. The van der Waals surface area contributed by atoms with Gasteiger partial charge in [0.2, 0.25) is 0 Å². The molecule has 0 aromatic heterocycles. The summed E-state index contributed by atoms with van der Waals surface area (Å²) in [6.07, 6.45) is 0. The summed E-state index contributed by atoms with van der Waals surface area (Å²) >= 11 is 0. The molecule has 82 valence electrons. The Balaban J connectivity index is 4.37. The number of carbonyl (C=O) groups is 2. The van der Waals surface area contributed by atoms with Crippen LogP contribution in [0.5, 0.6) is 0 Å². The molecule has 14 heavy (non-hydrogen) atoms. The zero-order chi connectivity index (χ0) is 11.6. The number of rotatable bonds is 2. The average molecular weight is 248 g/mol. The second-order valence-corrected chi connectivity index (χ2v) is 3.94. The van der Waals surface area contributed by atoms with Crippen molar-refractivity contribution in [3.8, 4) is 0 Å². The topological polar surface area (TPSA) is 173 Å². The third-order valence-corrected chi connectivity index (χ3v) is 1.36. The SMILES string of the molecule is O=C(OP(=O)([O-])[O-])C(=O)OP(=O)(O)O. The molecule has 0 amide bonds. The molecule has 0 aliphatic carbocycles. The lowest BCUT2D eigenvalue weighted by atomic mass is 10.7. The Morgan fingerprint density at radius 3 is 1.64 bits per heavy atom. The van der Waals surface area contributed by atoms with Gasteiger partial charge in [0.1, 0.15) is 7.82 Å². The van der Waals surface area contributed by atoms with Gasteiger partial charge in [-0.3, -0.25) is 9.79 Å². The highest BCUT2D eigenvalue weighted by atomic mass is 31.2. The molecule has 0 rings (SSSR count). The van der Waals surface area contributed by atoms with Crippen molar-refractivity contribution in [3.63, 3.8) is 0 Å². The van der Waals surface area contributed by atoms with Crippen LogP contribution in [0.15, 0.2) is 0 Å². The quantitative estimate of drug-likeness (QED) is 0.378. The summed E-state index contributed by atoms with van der Waals surface area (Å²) < 4.78 is 25.7. The van der Waals surface area contributed by atoms with Gasteiger partial charge in [-0.05, 0) is 0 Å². The molecule has 0 radical (unpaired) electrons. The van der Waals surface area contributed by atoms with Crippen molar-refractivity contribution in [2.24, 2.45) is 0 Å². The Kier molecular flexibility index (Phi) is 3.95. The first-order valence-corrected chi connectivity index (χ1v) is 5.55. The van der Waals surface area contributed by atoms with Crippen LogP contribution in [0.1, 0.15) is 0 Å². The van der Waals surface area contributed by atoms with Crippen molar-refractivity contribution in [3.05, 3.63) is 0 Å². The summed E-state index contributed by atoms with van der Waals surface area (Å²) in [4.78, 5) is 55.9. The van der Waals surface area contributed by atoms with Gasteiger partial charge in [0, 0.05) is 0 Å². The monoisotopic (exact) mass is 248 g/mol. The van der Waals surface area contributed by atoms with Crippen LogP contribution in [0, 0.1) is 0 Å². The standard InChI is InChI=1S/C2H4O10P2/c3-1(11-13(5,6)7)2(4)12-14(8,9)10/h(H2,5,6,7)(H2,8,9,10)/p-2. The van der Waals surface area contributed by atoms with Crippen molar-refractivity contribution < 1.29 is 47.3 Å². The van der Waals surface area contributed by atoms with E-state index in [2.05, 4.69) is 9.05 Å². The Labute approximate surface area is 75.9 Å². The van der Waals surface area contributed by atoms with E-state index in [-0.39, 0.29) is 0 Å². The third kappa shape index (κ3) is 6.72. The second-order valence-electron chi connectivity index (χ2n) is 1.70. The van der Waals surface area contributed by atoms with Crippen LogP contribution >= 0.6 is 15.6 Å². The lowest BCUT2D eigenvalue weighted by Gasteiger charge is -2.26. The fraction of sp³-hybridized carbons (Fsp3) is 0. The van der Waals surface area contributed by atoms with Gasteiger partial charge in [-0.1, -0.05) is 0 Å². The molecule has 0 fully saturated rings. The molecular formula is C2H2O10P2-2. The second kappa shape index (κ2) is 4.18. The van der Waals surface area contributed by atoms with Gasteiger partial charge in [0.05, 0.1) is 0 Å². The molecule has 0 unspecified atom stereocenters. The molecule has 0 heterocycles. The van der Waals surface area contributed by atoms with Crippen molar-refractivity contribution in [1.82, 2.24) is 0 Å². The number of phosphoric ester groups is 2. The Hall–Kier alpha value is -0.760. The van der Waals surface area contributed by atoms with Crippen molar-refractivity contribution in [1.29, 1.82) is 0 Å². The summed E-state index contributed by atoms with van der Waals surface area (Å²) in [5.74, 6) is -4.62. The number of carbonyl (C=O) groups excluding carboxylic acids is 2. The normalized spacial score (nSPS) is 12.0. The first kappa shape index (κ1) is 13.2. The predicted molar refractivity (Wildman–Crippen MR) is 31.8 cm³/mol. The highest BCUT2D eigenvalue weighted by Crippen LogP contribution is 2.36. The third-order valence-electron chi connectivity index (χ3n) is 0.563. The molecule has 2 N–H and O–H groups in total. The van der Waals surface area contributed by atoms with E-state index in [1.807, 2.05) is 0 Å². The van der Waals surface area contributed by atoms with Crippen LogP contribution in [-0.2, 0) is 27.8 Å². The van der Waals surface area contributed by atoms with E-state index in [1.165, 1.54) is 0 Å². The lowest BCUT2D eigenvalue weighted by Crippen LogP contribution is -2.25. The summed E-state index contributed by atoms with van der Waals surface area (Å²) in [7, 11) is -11.0. The molecule has 0 atom stereocenters. The number of hydrogen-bond acceptors (Lipinski definition) is 8. The van der Waals surface area contributed by atoms with Crippen LogP contribution in [0.3, 0.4) is 0 Å². The van der Waals surface area contributed by atoms with E-state index < -0.39 is 27.6 Å². The molecule has 0 spiro atoms. The summed E-state index contributed by atoms with van der Waals surface area (Å²) in [5.41, 5.74) is 0. The van der Waals surface area contributed by atoms with Gasteiger partial charge in [-0.15, -0.1) is 0 Å².